The normalized spacial score (nSPS) is 12.4. The van der Waals surface area contributed by atoms with Crippen molar-refractivity contribution in [2.24, 2.45) is 5.84 Å². The van der Waals surface area contributed by atoms with Crippen LogP contribution in [0.25, 0.3) is 0 Å². The number of hydrogen-bond donors (Lipinski definition) is 2. The number of aryl methyl sites for hydroxylation is 2. The highest BCUT2D eigenvalue weighted by atomic mass is 15.2. The molecule has 0 saturated heterocycles. The zero-order valence-electron chi connectivity index (χ0n) is 11.1. The molecule has 0 saturated carbocycles. The first kappa shape index (κ1) is 12.7. The van der Waals surface area contributed by atoms with Crippen molar-refractivity contribution in [2.45, 2.75) is 26.8 Å². The first-order valence-electron chi connectivity index (χ1n) is 6.08. The standard InChI is InChI=1S/C15H19N3/c1-10-5-4-6-14(12(10)3)15(18-16)13-7-8-17-9-11(13)2/h4-9,15,18H,16H2,1-3H3. The smallest absolute Gasteiger partial charge is 0.0716 e. The van der Waals surface area contributed by atoms with Crippen LogP contribution in [0.15, 0.2) is 36.7 Å². The zero-order chi connectivity index (χ0) is 13.1. The van der Waals surface area contributed by atoms with Crippen molar-refractivity contribution >= 4 is 0 Å². The zero-order valence-corrected chi connectivity index (χ0v) is 11.1. The van der Waals surface area contributed by atoms with Gasteiger partial charge in [-0.05, 0) is 54.7 Å². The molecule has 18 heavy (non-hydrogen) atoms. The molecule has 3 N–H and O–H groups in total. The molecular formula is C15H19N3. The van der Waals surface area contributed by atoms with Gasteiger partial charge in [-0.15, -0.1) is 0 Å². The van der Waals surface area contributed by atoms with Crippen LogP contribution in [0.1, 0.15) is 33.9 Å². The van der Waals surface area contributed by atoms with Crippen molar-refractivity contribution in [3.63, 3.8) is 0 Å². The summed E-state index contributed by atoms with van der Waals surface area (Å²) in [6.07, 6.45) is 3.67. The minimum Gasteiger partial charge on any atom is -0.271 e. The van der Waals surface area contributed by atoms with Gasteiger partial charge in [0.05, 0.1) is 6.04 Å². The number of nitrogens with zero attached hydrogens (tertiary/aromatic N) is 1. The van der Waals surface area contributed by atoms with Gasteiger partial charge in [0.15, 0.2) is 0 Å². The Morgan fingerprint density at radius 2 is 1.83 bits per heavy atom. The lowest BCUT2D eigenvalue weighted by atomic mass is 9.92. The largest absolute Gasteiger partial charge is 0.271 e. The van der Waals surface area contributed by atoms with Gasteiger partial charge >= 0.3 is 0 Å². The third-order valence-electron chi connectivity index (χ3n) is 3.50. The van der Waals surface area contributed by atoms with Crippen molar-refractivity contribution in [3.8, 4) is 0 Å². The van der Waals surface area contributed by atoms with Crippen molar-refractivity contribution in [3.05, 3.63) is 64.5 Å². The lowest BCUT2D eigenvalue weighted by molar-refractivity contribution is 0.629. The van der Waals surface area contributed by atoms with Gasteiger partial charge in [0.25, 0.3) is 0 Å². The van der Waals surface area contributed by atoms with E-state index in [1.165, 1.54) is 22.3 Å². The summed E-state index contributed by atoms with van der Waals surface area (Å²) in [5, 5.41) is 0. The molecule has 0 radical (unpaired) electrons. The van der Waals surface area contributed by atoms with E-state index in [1.54, 1.807) is 6.20 Å². The Bertz CT molecular complexity index is 549. The van der Waals surface area contributed by atoms with Gasteiger partial charge < -0.3 is 0 Å². The molecule has 0 aliphatic heterocycles. The fourth-order valence-electron chi connectivity index (χ4n) is 2.24. The Hall–Kier alpha value is -1.71. The highest BCUT2D eigenvalue weighted by Gasteiger charge is 2.16. The average molecular weight is 241 g/mol. The predicted octanol–water partition coefficient (Wildman–Crippen LogP) is 2.56. The van der Waals surface area contributed by atoms with E-state index in [0.717, 1.165) is 5.56 Å². The van der Waals surface area contributed by atoms with Crippen LogP contribution in [-0.2, 0) is 0 Å². The molecule has 2 rings (SSSR count). The molecule has 0 aliphatic carbocycles. The summed E-state index contributed by atoms with van der Waals surface area (Å²) in [7, 11) is 0. The van der Waals surface area contributed by atoms with Gasteiger partial charge in [0, 0.05) is 12.4 Å². The summed E-state index contributed by atoms with van der Waals surface area (Å²) in [5.41, 5.74) is 8.99. The first-order valence-corrected chi connectivity index (χ1v) is 6.08. The summed E-state index contributed by atoms with van der Waals surface area (Å²) in [6, 6.07) is 8.33. The van der Waals surface area contributed by atoms with E-state index in [2.05, 4.69) is 49.4 Å². The first-order chi connectivity index (χ1) is 8.65. The molecule has 0 spiro atoms. The maximum absolute atomic E-state index is 5.75. The fourth-order valence-corrected chi connectivity index (χ4v) is 2.24. The van der Waals surface area contributed by atoms with Crippen LogP contribution in [0.2, 0.25) is 0 Å². The number of nitrogens with two attached hydrogens (primary N) is 1. The lowest BCUT2D eigenvalue weighted by Gasteiger charge is -2.21. The molecule has 0 fully saturated rings. The third-order valence-corrected chi connectivity index (χ3v) is 3.50. The van der Waals surface area contributed by atoms with Crippen LogP contribution in [0.3, 0.4) is 0 Å². The monoisotopic (exact) mass is 241 g/mol. The topological polar surface area (TPSA) is 50.9 Å². The average Bonchev–Trinajstić information content (AvgIpc) is 2.37. The minimum atomic E-state index is 0.00731. The molecule has 94 valence electrons. The Morgan fingerprint density at radius 1 is 1.06 bits per heavy atom. The highest BCUT2D eigenvalue weighted by Crippen LogP contribution is 2.27. The summed E-state index contributed by atoms with van der Waals surface area (Å²) < 4.78 is 0. The molecule has 1 aromatic heterocycles. The second-order valence-electron chi connectivity index (χ2n) is 4.62. The van der Waals surface area contributed by atoms with Gasteiger partial charge in [-0.2, -0.15) is 0 Å². The number of hydrazine groups is 1. The van der Waals surface area contributed by atoms with Crippen LogP contribution >= 0.6 is 0 Å². The molecule has 1 aromatic carbocycles. The molecule has 3 nitrogen and oxygen atoms in total. The highest BCUT2D eigenvalue weighted by molar-refractivity contribution is 5.42. The summed E-state index contributed by atoms with van der Waals surface area (Å²) >= 11 is 0. The van der Waals surface area contributed by atoms with Gasteiger partial charge in [0.2, 0.25) is 0 Å². The Kier molecular flexibility index (Phi) is 3.75. The van der Waals surface area contributed by atoms with Gasteiger partial charge in [-0.25, -0.2) is 5.43 Å². The number of benzene rings is 1. The minimum absolute atomic E-state index is 0.00731. The third kappa shape index (κ3) is 2.28. The lowest BCUT2D eigenvalue weighted by Crippen LogP contribution is -2.30. The molecule has 0 amide bonds. The molecule has 1 atom stereocenters. The second-order valence-corrected chi connectivity index (χ2v) is 4.62. The number of pyridine rings is 1. The van der Waals surface area contributed by atoms with Crippen LogP contribution in [-0.4, -0.2) is 4.98 Å². The Balaban J connectivity index is 2.53. The van der Waals surface area contributed by atoms with Crippen molar-refractivity contribution < 1.29 is 0 Å². The summed E-state index contributed by atoms with van der Waals surface area (Å²) in [5.74, 6) is 5.75. The molecule has 3 heteroatoms. The Labute approximate surface area is 108 Å². The SMILES string of the molecule is Cc1cnccc1C(NN)c1cccc(C)c1C. The number of aromatic nitrogens is 1. The van der Waals surface area contributed by atoms with E-state index >= 15 is 0 Å². The molecule has 1 heterocycles. The summed E-state index contributed by atoms with van der Waals surface area (Å²) in [4.78, 5) is 4.13. The number of hydrogen-bond acceptors (Lipinski definition) is 3. The molecule has 0 aliphatic rings. The van der Waals surface area contributed by atoms with E-state index in [1.807, 2.05) is 12.3 Å². The van der Waals surface area contributed by atoms with Gasteiger partial charge in [-0.1, -0.05) is 18.2 Å². The molecule has 0 bridgehead atoms. The van der Waals surface area contributed by atoms with E-state index in [4.69, 9.17) is 5.84 Å². The van der Waals surface area contributed by atoms with E-state index in [0.29, 0.717) is 0 Å². The van der Waals surface area contributed by atoms with Crippen molar-refractivity contribution in [1.82, 2.24) is 10.4 Å². The molecular weight excluding hydrogens is 222 g/mol. The molecule has 1 unspecified atom stereocenters. The van der Waals surface area contributed by atoms with Crippen LogP contribution in [0.4, 0.5) is 0 Å². The van der Waals surface area contributed by atoms with Crippen molar-refractivity contribution in [1.29, 1.82) is 0 Å². The van der Waals surface area contributed by atoms with Gasteiger partial charge in [0.1, 0.15) is 0 Å². The summed E-state index contributed by atoms with van der Waals surface area (Å²) in [6.45, 7) is 6.30. The predicted molar refractivity (Wildman–Crippen MR) is 74.1 cm³/mol. The van der Waals surface area contributed by atoms with Crippen molar-refractivity contribution in [2.75, 3.05) is 0 Å². The van der Waals surface area contributed by atoms with E-state index in [-0.39, 0.29) is 6.04 Å². The maximum atomic E-state index is 5.75. The van der Waals surface area contributed by atoms with Crippen LogP contribution in [0.5, 0.6) is 0 Å². The quantitative estimate of drug-likeness (QED) is 0.641. The molecule has 2 aromatic rings. The second kappa shape index (κ2) is 5.29. The fraction of sp³-hybridized carbons (Fsp3) is 0.267. The maximum Gasteiger partial charge on any atom is 0.0716 e. The van der Waals surface area contributed by atoms with E-state index < -0.39 is 0 Å². The van der Waals surface area contributed by atoms with Gasteiger partial charge in [-0.3, -0.25) is 10.8 Å². The number of nitrogens with one attached hydrogen (secondary N) is 1. The van der Waals surface area contributed by atoms with Crippen LogP contribution < -0.4 is 11.3 Å². The van der Waals surface area contributed by atoms with Crippen LogP contribution in [0, 0.1) is 20.8 Å². The Morgan fingerprint density at radius 3 is 2.50 bits per heavy atom. The number of rotatable bonds is 3. The van der Waals surface area contributed by atoms with E-state index in [9.17, 15) is 0 Å².